The molecule has 0 spiro atoms. The highest BCUT2D eigenvalue weighted by atomic mass is 79.9. The monoisotopic (exact) mass is 244 g/mol. The van der Waals surface area contributed by atoms with E-state index in [0.29, 0.717) is 5.56 Å². The average Bonchev–Trinajstić information content (AvgIpc) is 2.43. The Morgan fingerprint density at radius 2 is 2.42 bits per heavy atom. The molecular formula is C7H5BrN2OS. The van der Waals surface area contributed by atoms with Crippen LogP contribution in [0.15, 0.2) is 23.1 Å². The molecule has 1 aliphatic rings. The molecule has 12 heavy (non-hydrogen) atoms. The molecule has 1 aromatic carbocycles. The normalized spacial score (nSPS) is 15.4. The fourth-order valence-electron chi connectivity index (χ4n) is 0.992. The minimum atomic E-state index is 0.685. The number of carbonyl (C=O) groups excluding carboxylic acids is 1. The molecule has 2 rings (SSSR count). The van der Waals surface area contributed by atoms with Crippen LogP contribution in [0.2, 0.25) is 0 Å². The van der Waals surface area contributed by atoms with E-state index < -0.39 is 0 Å². The number of hydrogen-bond donors (Lipinski definition) is 1. The molecule has 0 saturated heterocycles. The second-order valence-electron chi connectivity index (χ2n) is 2.32. The third-order valence-corrected chi connectivity index (χ3v) is 2.94. The Kier molecular flexibility index (Phi) is 2.08. The SMILES string of the molecule is O=Cc1ccc2c(c1)NN(Br)S2. The summed E-state index contributed by atoms with van der Waals surface area (Å²) >= 11 is 4.80. The fraction of sp³-hybridized carbons (Fsp3) is 0. The maximum absolute atomic E-state index is 10.4. The highest BCUT2D eigenvalue weighted by molar-refractivity contribution is 9.09. The molecule has 0 unspecified atom stereocenters. The molecule has 0 bridgehead atoms. The van der Waals surface area contributed by atoms with E-state index in [-0.39, 0.29) is 0 Å². The van der Waals surface area contributed by atoms with E-state index in [1.807, 2.05) is 12.1 Å². The molecule has 1 N–H and O–H groups in total. The average molecular weight is 245 g/mol. The smallest absolute Gasteiger partial charge is 0.150 e. The lowest BCUT2D eigenvalue weighted by molar-refractivity contribution is 0.112. The Labute approximate surface area is 82.6 Å². The maximum Gasteiger partial charge on any atom is 0.150 e. The zero-order valence-corrected chi connectivity index (χ0v) is 8.35. The standard InChI is InChI=1S/C7H5BrN2OS/c8-10-9-6-3-5(4-11)1-2-7(6)12-10/h1-4,9H. The molecule has 0 saturated carbocycles. The third-order valence-electron chi connectivity index (χ3n) is 1.53. The van der Waals surface area contributed by atoms with Crippen LogP contribution < -0.4 is 5.43 Å². The van der Waals surface area contributed by atoms with Crippen molar-refractivity contribution in [2.24, 2.45) is 0 Å². The third kappa shape index (κ3) is 1.35. The molecule has 0 amide bonds. The van der Waals surface area contributed by atoms with Gasteiger partial charge >= 0.3 is 0 Å². The first-order valence-electron chi connectivity index (χ1n) is 3.29. The number of nitrogens with one attached hydrogen (secondary N) is 1. The summed E-state index contributed by atoms with van der Waals surface area (Å²) in [7, 11) is 0. The number of fused-ring (bicyclic) bond motifs is 1. The topological polar surface area (TPSA) is 32.3 Å². The molecule has 0 aliphatic carbocycles. The number of halogens is 1. The number of benzene rings is 1. The molecule has 0 radical (unpaired) electrons. The summed E-state index contributed by atoms with van der Waals surface area (Å²) < 4.78 is 1.71. The lowest BCUT2D eigenvalue weighted by Crippen LogP contribution is -2.02. The van der Waals surface area contributed by atoms with E-state index in [0.717, 1.165) is 16.9 Å². The molecule has 1 aliphatic heterocycles. The molecular weight excluding hydrogens is 240 g/mol. The van der Waals surface area contributed by atoms with Crippen LogP contribution in [-0.4, -0.2) is 9.73 Å². The summed E-state index contributed by atoms with van der Waals surface area (Å²) in [5.74, 6) is 0. The van der Waals surface area contributed by atoms with Crippen LogP contribution in [-0.2, 0) is 0 Å². The van der Waals surface area contributed by atoms with Gasteiger partial charge in [-0.3, -0.25) is 10.2 Å². The van der Waals surface area contributed by atoms with Crippen molar-refractivity contribution in [3.05, 3.63) is 23.8 Å². The van der Waals surface area contributed by atoms with Gasteiger partial charge in [-0.25, -0.2) is 0 Å². The van der Waals surface area contributed by atoms with Crippen molar-refractivity contribution in [2.75, 3.05) is 5.43 Å². The van der Waals surface area contributed by atoms with Crippen LogP contribution in [0.3, 0.4) is 0 Å². The zero-order valence-electron chi connectivity index (χ0n) is 5.95. The minimum absolute atomic E-state index is 0.685. The summed E-state index contributed by atoms with van der Waals surface area (Å²) in [4.78, 5) is 11.5. The van der Waals surface area contributed by atoms with Crippen molar-refractivity contribution in [2.45, 2.75) is 4.90 Å². The van der Waals surface area contributed by atoms with Gasteiger partial charge in [-0.2, -0.15) is 0 Å². The van der Waals surface area contributed by atoms with E-state index in [2.05, 4.69) is 21.6 Å². The van der Waals surface area contributed by atoms with Crippen LogP contribution in [0.1, 0.15) is 10.4 Å². The first-order chi connectivity index (χ1) is 5.79. The number of rotatable bonds is 1. The van der Waals surface area contributed by atoms with Gasteiger partial charge in [0.1, 0.15) is 6.29 Å². The van der Waals surface area contributed by atoms with Gasteiger partial charge < -0.3 is 0 Å². The molecule has 5 heteroatoms. The van der Waals surface area contributed by atoms with E-state index >= 15 is 0 Å². The Morgan fingerprint density at radius 1 is 1.58 bits per heavy atom. The Bertz CT molecular complexity index is 331. The number of anilines is 1. The van der Waals surface area contributed by atoms with Gasteiger partial charge in [-0.05, 0) is 24.1 Å². The van der Waals surface area contributed by atoms with Crippen molar-refractivity contribution >= 4 is 40.1 Å². The number of nitrogens with zero attached hydrogens (tertiary/aromatic N) is 1. The lowest BCUT2D eigenvalue weighted by Gasteiger charge is -2.01. The maximum atomic E-state index is 10.4. The van der Waals surface area contributed by atoms with E-state index in [1.165, 1.54) is 11.9 Å². The summed E-state index contributed by atoms with van der Waals surface area (Å²) in [6.45, 7) is 0. The van der Waals surface area contributed by atoms with Crippen LogP contribution >= 0.6 is 28.1 Å². The molecule has 0 atom stereocenters. The molecule has 1 heterocycles. The number of hydrazine groups is 1. The number of carbonyl (C=O) groups is 1. The van der Waals surface area contributed by atoms with E-state index in [9.17, 15) is 4.79 Å². The Morgan fingerprint density at radius 3 is 3.17 bits per heavy atom. The van der Waals surface area contributed by atoms with Crippen LogP contribution in [0.25, 0.3) is 0 Å². The molecule has 0 fully saturated rings. The van der Waals surface area contributed by atoms with Crippen molar-refractivity contribution in [3.63, 3.8) is 0 Å². The largest absolute Gasteiger partial charge is 0.298 e. The van der Waals surface area contributed by atoms with E-state index in [4.69, 9.17) is 0 Å². The second kappa shape index (κ2) is 3.08. The molecule has 3 nitrogen and oxygen atoms in total. The van der Waals surface area contributed by atoms with Gasteiger partial charge in [0.05, 0.1) is 10.6 Å². The summed E-state index contributed by atoms with van der Waals surface area (Å²) in [5.41, 5.74) is 4.67. The summed E-state index contributed by atoms with van der Waals surface area (Å²) in [6.07, 6.45) is 0.837. The predicted octanol–water partition coefficient (Wildman–Crippen LogP) is 2.46. The highest BCUT2D eigenvalue weighted by Crippen LogP contribution is 2.39. The summed E-state index contributed by atoms with van der Waals surface area (Å²) in [5, 5.41) is 0. The van der Waals surface area contributed by atoms with Crippen molar-refractivity contribution in [3.8, 4) is 0 Å². The number of aldehydes is 1. The quantitative estimate of drug-likeness (QED) is 0.468. The minimum Gasteiger partial charge on any atom is -0.298 e. The molecule has 1 aromatic rings. The van der Waals surface area contributed by atoms with Gasteiger partial charge in [0.2, 0.25) is 0 Å². The Hall–Kier alpha value is -0.520. The van der Waals surface area contributed by atoms with Gasteiger partial charge in [0.15, 0.2) is 0 Å². The van der Waals surface area contributed by atoms with Crippen LogP contribution in [0, 0.1) is 0 Å². The molecule has 0 aromatic heterocycles. The first-order valence-corrected chi connectivity index (χ1v) is 4.77. The zero-order chi connectivity index (χ0) is 8.55. The Balaban J connectivity index is 2.41. The highest BCUT2D eigenvalue weighted by Gasteiger charge is 2.16. The number of hydrogen-bond acceptors (Lipinski definition) is 4. The van der Waals surface area contributed by atoms with Gasteiger partial charge in [-0.15, -0.1) is 0 Å². The van der Waals surface area contributed by atoms with Crippen molar-refractivity contribution in [1.29, 1.82) is 0 Å². The fourth-order valence-corrected chi connectivity index (χ4v) is 2.30. The predicted molar refractivity (Wildman–Crippen MR) is 52.1 cm³/mol. The first kappa shape index (κ1) is 8.10. The second-order valence-corrected chi connectivity index (χ2v) is 4.49. The molecule has 62 valence electrons. The van der Waals surface area contributed by atoms with Crippen LogP contribution in [0.4, 0.5) is 5.69 Å². The van der Waals surface area contributed by atoms with Crippen LogP contribution in [0.5, 0.6) is 0 Å². The lowest BCUT2D eigenvalue weighted by atomic mass is 10.2. The van der Waals surface area contributed by atoms with Gasteiger partial charge in [0, 0.05) is 21.7 Å². The van der Waals surface area contributed by atoms with Gasteiger partial charge in [-0.1, -0.05) is 9.51 Å². The summed E-state index contributed by atoms with van der Waals surface area (Å²) in [6, 6.07) is 5.53. The van der Waals surface area contributed by atoms with Gasteiger partial charge in [0.25, 0.3) is 0 Å². The van der Waals surface area contributed by atoms with Crippen molar-refractivity contribution in [1.82, 2.24) is 3.44 Å². The van der Waals surface area contributed by atoms with E-state index in [1.54, 1.807) is 9.51 Å². The van der Waals surface area contributed by atoms with Crippen molar-refractivity contribution < 1.29 is 4.79 Å².